The van der Waals surface area contributed by atoms with E-state index in [1.807, 2.05) is 45.0 Å². The predicted octanol–water partition coefficient (Wildman–Crippen LogP) is 3.17. The molecular formula is C18H22N4O2. The standard InChI is InChI=1S/C18H22N4O2/c1-12(2)16(17(23)21-15-11-13(3)9-10-19-15)22-18(24)20-14-7-5-4-6-8-14/h4-12,16H,1-3H3,(H,19,21,23)(H2,20,22,24). The minimum Gasteiger partial charge on any atom is -0.326 e. The van der Waals surface area contributed by atoms with Crippen molar-refractivity contribution in [3.05, 3.63) is 54.2 Å². The van der Waals surface area contributed by atoms with Crippen LogP contribution in [0.25, 0.3) is 0 Å². The molecule has 0 fully saturated rings. The van der Waals surface area contributed by atoms with E-state index in [0.29, 0.717) is 11.5 Å². The maximum Gasteiger partial charge on any atom is 0.319 e. The lowest BCUT2D eigenvalue weighted by molar-refractivity contribution is -0.118. The number of carbonyl (C=O) groups is 2. The number of nitrogens with zero attached hydrogens (tertiary/aromatic N) is 1. The molecule has 24 heavy (non-hydrogen) atoms. The highest BCUT2D eigenvalue weighted by atomic mass is 16.2. The average Bonchev–Trinajstić information content (AvgIpc) is 2.53. The summed E-state index contributed by atoms with van der Waals surface area (Å²) in [5, 5.41) is 8.16. The second-order valence-corrected chi connectivity index (χ2v) is 5.89. The van der Waals surface area contributed by atoms with Crippen LogP contribution in [0, 0.1) is 12.8 Å². The van der Waals surface area contributed by atoms with Crippen LogP contribution in [0.4, 0.5) is 16.3 Å². The third-order valence-corrected chi connectivity index (χ3v) is 3.43. The molecule has 0 aliphatic rings. The van der Waals surface area contributed by atoms with E-state index in [0.717, 1.165) is 5.56 Å². The lowest BCUT2D eigenvalue weighted by Gasteiger charge is -2.21. The van der Waals surface area contributed by atoms with Crippen LogP contribution in [-0.2, 0) is 4.79 Å². The molecule has 0 aliphatic carbocycles. The first kappa shape index (κ1) is 17.5. The summed E-state index contributed by atoms with van der Waals surface area (Å²) < 4.78 is 0. The molecule has 3 N–H and O–H groups in total. The Labute approximate surface area is 141 Å². The smallest absolute Gasteiger partial charge is 0.319 e. The van der Waals surface area contributed by atoms with Gasteiger partial charge in [-0.1, -0.05) is 32.0 Å². The van der Waals surface area contributed by atoms with Gasteiger partial charge in [0.25, 0.3) is 0 Å². The van der Waals surface area contributed by atoms with E-state index in [-0.39, 0.29) is 11.8 Å². The lowest BCUT2D eigenvalue weighted by atomic mass is 10.0. The third kappa shape index (κ3) is 5.08. The first-order valence-corrected chi connectivity index (χ1v) is 7.82. The van der Waals surface area contributed by atoms with Crippen molar-refractivity contribution < 1.29 is 9.59 Å². The number of hydrogen-bond donors (Lipinski definition) is 3. The maximum atomic E-state index is 12.5. The molecule has 2 aromatic rings. The Morgan fingerprint density at radius 1 is 1.04 bits per heavy atom. The van der Waals surface area contributed by atoms with Crippen molar-refractivity contribution in [2.75, 3.05) is 10.6 Å². The van der Waals surface area contributed by atoms with E-state index in [2.05, 4.69) is 20.9 Å². The fourth-order valence-corrected chi connectivity index (χ4v) is 2.17. The molecule has 0 aliphatic heterocycles. The van der Waals surface area contributed by atoms with Crippen LogP contribution in [0.1, 0.15) is 19.4 Å². The van der Waals surface area contributed by atoms with E-state index in [1.54, 1.807) is 24.4 Å². The molecule has 3 amide bonds. The fourth-order valence-electron chi connectivity index (χ4n) is 2.17. The number of nitrogens with one attached hydrogen (secondary N) is 3. The minimum atomic E-state index is -0.670. The van der Waals surface area contributed by atoms with Crippen molar-refractivity contribution in [3.63, 3.8) is 0 Å². The molecule has 0 saturated carbocycles. The predicted molar refractivity (Wildman–Crippen MR) is 94.8 cm³/mol. The Hall–Kier alpha value is -2.89. The van der Waals surface area contributed by atoms with Gasteiger partial charge in [-0.25, -0.2) is 9.78 Å². The first-order chi connectivity index (χ1) is 11.5. The van der Waals surface area contributed by atoms with Crippen molar-refractivity contribution in [1.82, 2.24) is 10.3 Å². The highest BCUT2D eigenvalue weighted by Gasteiger charge is 2.24. The molecule has 1 unspecified atom stereocenters. The molecule has 126 valence electrons. The zero-order chi connectivity index (χ0) is 17.5. The number of para-hydroxylation sites is 1. The van der Waals surface area contributed by atoms with E-state index in [1.165, 1.54) is 0 Å². The van der Waals surface area contributed by atoms with Crippen LogP contribution >= 0.6 is 0 Å². The number of pyridine rings is 1. The summed E-state index contributed by atoms with van der Waals surface area (Å²) in [5.74, 6) is 0.0959. The molecule has 1 heterocycles. The van der Waals surface area contributed by atoms with Crippen LogP contribution < -0.4 is 16.0 Å². The van der Waals surface area contributed by atoms with Crippen LogP contribution in [0.3, 0.4) is 0 Å². The highest BCUT2D eigenvalue weighted by molar-refractivity contribution is 5.98. The van der Waals surface area contributed by atoms with Crippen LogP contribution in [0.5, 0.6) is 0 Å². The van der Waals surface area contributed by atoms with E-state index < -0.39 is 12.1 Å². The zero-order valence-electron chi connectivity index (χ0n) is 14.0. The monoisotopic (exact) mass is 326 g/mol. The van der Waals surface area contributed by atoms with Gasteiger partial charge in [-0.05, 0) is 42.7 Å². The van der Waals surface area contributed by atoms with Gasteiger partial charge in [-0.3, -0.25) is 4.79 Å². The molecule has 6 heteroatoms. The largest absolute Gasteiger partial charge is 0.326 e. The summed E-state index contributed by atoms with van der Waals surface area (Å²) in [7, 11) is 0. The van der Waals surface area contributed by atoms with Gasteiger partial charge in [-0.15, -0.1) is 0 Å². The Bertz CT molecular complexity index is 701. The van der Waals surface area contributed by atoms with Crippen molar-refractivity contribution in [2.45, 2.75) is 26.8 Å². The summed E-state index contributed by atoms with van der Waals surface area (Å²) in [6, 6.07) is 11.6. The van der Waals surface area contributed by atoms with Gasteiger partial charge in [-0.2, -0.15) is 0 Å². The van der Waals surface area contributed by atoms with Crippen molar-refractivity contribution in [1.29, 1.82) is 0 Å². The quantitative estimate of drug-likeness (QED) is 0.789. The Morgan fingerprint density at radius 3 is 2.38 bits per heavy atom. The highest BCUT2D eigenvalue weighted by Crippen LogP contribution is 2.10. The molecule has 1 aromatic carbocycles. The van der Waals surface area contributed by atoms with Crippen LogP contribution in [0.2, 0.25) is 0 Å². The van der Waals surface area contributed by atoms with E-state index >= 15 is 0 Å². The summed E-state index contributed by atoms with van der Waals surface area (Å²) in [5.41, 5.74) is 1.66. The number of rotatable bonds is 5. The van der Waals surface area contributed by atoms with Gasteiger partial charge in [0.2, 0.25) is 5.91 Å². The van der Waals surface area contributed by atoms with Gasteiger partial charge in [0.1, 0.15) is 11.9 Å². The zero-order valence-corrected chi connectivity index (χ0v) is 14.0. The van der Waals surface area contributed by atoms with E-state index in [9.17, 15) is 9.59 Å². The SMILES string of the molecule is Cc1ccnc(NC(=O)C(NC(=O)Nc2ccccc2)C(C)C)c1. The Balaban J connectivity index is 2.00. The van der Waals surface area contributed by atoms with Crippen LogP contribution in [0.15, 0.2) is 48.7 Å². The molecule has 0 bridgehead atoms. The molecule has 2 rings (SSSR count). The number of amides is 3. The summed E-state index contributed by atoms with van der Waals surface area (Å²) >= 11 is 0. The topological polar surface area (TPSA) is 83.1 Å². The van der Waals surface area contributed by atoms with Gasteiger partial charge < -0.3 is 16.0 Å². The minimum absolute atomic E-state index is 0.0728. The van der Waals surface area contributed by atoms with Gasteiger partial charge >= 0.3 is 6.03 Å². The molecule has 0 radical (unpaired) electrons. The second kappa shape index (κ2) is 8.10. The molecule has 6 nitrogen and oxygen atoms in total. The summed E-state index contributed by atoms with van der Waals surface area (Å²) in [4.78, 5) is 28.7. The maximum absolute atomic E-state index is 12.5. The average molecular weight is 326 g/mol. The molecule has 1 aromatic heterocycles. The number of hydrogen-bond acceptors (Lipinski definition) is 3. The van der Waals surface area contributed by atoms with Crippen molar-refractivity contribution >= 4 is 23.4 Å². The normalized spacial score (nSPS) is 11.7. The Morgan fingerprint density at radius 2 is 1.75 bits per heavy atom. The molecular weight excluding hydrogens is 304 g/mol. The third-order valence-electron chi connectivity index (χ3n) is 3.43. The first-order valence-electron chi connectivity index (χ1n) is 7.82. The van der Waals surface area contributed by atoms with Gasteiger partial charge in [0.15, 0.2) is 0 Å². The number of carbonyl (C=O) groups excluding carboxylic acids is 2. The molecule has 0 saturated heterocycles. The molecule has 0 spiro atoms. The van der Waals surface area contributed by atoms with Gasteiger partial charge in [0, 0.05) is 11.9 Å². The lowest BCUT2D eigenvalue weighted by Crippen LogP contribution is -2.48. The number of anilines is 2. The number of aromatic nitrogens is 1. The summed E-state index contributed by atoms with van der Waals surface area (Å²) in [6.07, 6.45) is 1.63. The van der Waals surface area contributed by atoms with Crippen molar-refractivity contribution in [3.8, 4) is 0 Å². The van der Waals surface area contributed by atoms with Gasteiger partial charge in [0.05, 0.1) is 0 Å². The Kier molecular flexibility index (Phi) is 5.89. The van der Waals surface area contributed by atoms with Crippen LogP contribution in [-0.4, -0.2) is 23.0 Å². The van der Waals surface area contributed by atoms with E-state index in [4.69, 9.17) is 0 Å². The second-order valence-electron chi connectivity index (χ2n) is 5.89. The van der Waals surface area contributed by atoms with Crippen molar-refractivity contribution in [2.24, 2.45) is 5.92 Å². The molecule has 1 atom stereocenters. The number of urea groups is 1. The number of benzene rings is 1. The summed E-state index contributed by atoms with van der Waals surface area (Å²) in [6.45, 7) is 5.66. The number of aryl methyl sites for hydroxylation is 1. The fraction of sp³-hybridized carbons (Fsp3) is 0.278.